The van der Waals surface area contributed by atoms with Crippen LogP contribution in [0.5, 0.6) is 5.88 Å². The summed E-state index contributed by atoms with van der Waals surface area (Å²) >= 11 is 5.42. The highest BCUT2D eigenvalue weighted by Gasteiger charge is 2.19. The molecule has 5 rings (SSSR count). The van der Waals surface area contributed by atoms with Gasteiger partial charge in [0.15, 0.2) is 6.61 Å². The molecular weight excluding hydrogens is 448 g/mol. The van der Waals surface area contributed by atoms with Gasteiger partial charge in [0.05, 0.1) is 17.6 Å². The first kappa shape index (κ1) is 22.5. The molecule has 0 amide bonds. The Morgan fingerprint density at radius 3 is 2.53 bits per heavy atom. The molecule has 0 aliphatic carbocycles. The van der Waals surface area contributed by atoms with Crippen molar-refractivity contribution in [3.8, 4) is 5.88 Å². The molecule has 2 aromatic heterocycles. The lowest BCUT2D eigenvalue weighted by atomic mass is 10.2. The monoisotopic (exact) mass is 476 g/mol. The molecule has 1 aliphatic rings. The maximum Gasteiger partial charge on any atom is 0.288 e. The number of nitrogens with zero attached hydrogens (tertiary/aromatic N) is 6. The molecule has 0 radical (unpaired) electrons. The van der Waals surface area contributed by atoms with Crippen molar-refractivity contribution in [3.05, 3.63) is 70.6 Å². The number of hydrogen-bond donors (Lipinski definition) is 0. The van der Waals surface area contributed by atoms with Crippen molar-refractivity contribution in [1.82, 2.24) is 24.6 Å². The smallest absolute Gasteiger partial charge is 0.288 e. The number of hydrogen-bond acceptors (Lipinski definition) is 8. The van der Waals surface area contributed by atoms with Crippen LogP contribution in [-0.2, 0) is 19.7 Å². The predicted molar refractivity (Wildman–Crippen MR) is 134 cm³/mol. The molecular formula is C25H28N6O2S. The second-order valence-corrected chi connectivity index (χ2v) is 8.80. The summed E-state index contributed by atoms with van der Waals surface area (Å²) in [5.41, 5.74) is 3.41. The van der Waals surface area contributed by atoms with Crippen molar-refractivity contribution in [2.24, 2.45) is 0 Å². The lowest BCUT2D eigenvalue weighted by molar-refractivity contribution is 0.192. The minimum Gasteiger partial charge on any atom is -0.467 e. The summed E-state index contributed by atoms with van der Waals surface area (Å²) in [7, 11) is 0. The van der Waals surface area contributed by atoms with Crippen LogP contribution < -0.4 is 9.64 Å². The van der Waals surface area contributed by atoms with Gasteiger partial charge in [-0.2, -0.15) is 4.98 Å². The lowest BCUT2D eigenvalue weighted by Gasteiger charge is -2.35. The van der Waals surface area contributed by atoms with E-state index in [4.69, 9.17) is 21.4 Å². The third kappa shape index (κ3) is 4.95. The quantitative estimate of drug-likeness (QED) is 0.364. The number of rotatable bonds is 7. The fraction of sp³-hybridized carbons (Fsp3) is 0.360. The summed E-state index contributed by atoms with van der Waals surface area (Å²) in [4.78, 5) is 14.2. The Morgan fingerprint density at radius 2 is 1.76 bits per heavy atom. The second kappa shape index (κ2) is 9.90. The summed E-state index contributed by atoms with van der Waals surface area (Å²) in [6.45, 7) is 8.68. The van der Waals surface area contributed by atoms with E-state index in [1.165, 1.54) is 11.3 Å². The second-order valence-electron chi connectivity index (χ2n) is 8.45. The molecule has 0 unspecified atom stereocenters. The van der Waals surface area contributed by atoms with Gasteiger partial charge in [0, 0.05) is 38.3 Å². The summed E-state index contributed by atoms with van der Waals surface area (Å²) < 4.78 is 13.4. The Bertz CT molecular complexity index is 1330. The largest absolute Gasteiger partial charge is 0.467 e. The van der Waals surface area contributed by atoms with Gasteiger partial charge in [0.25, 0.3) is 10.7 Å². The van der Waals surface area contributed by atoms with E-state index in [1.807, 2.05) is 31.2 Å². The Kier molecular flexibility index (Phi) is 6.55. The highest BCUT2D eigenvalue weighted by atomic mass is 32.1. The fourth-order valence-electron chi connectivity index (χ4n) is 4.08. The molecule has 0 spiro atoms. The topological polar surface area (TPSA) is 72.5 Å². The zero-order chi connectivity index (χ0) is 23.5. The maximum atomic E-state index is 5.99. The molecule has 176 valence electrons. The molecule has 1 saturated heterocycles. The summed E-state index contributed by atoms with van der Waals surface area (Å²) in [6.07, 6.45) is 0.730. The van der Waals surface area contributed by atoms with E-state index < -0.39 is 0 Å². The van der Waals surface area contributed by atoms with Gasteiger partial charge in [0.1, 0.15) is 5.82 Å². The normalized spacial score (nSPS) is 14.6. The fourth-order valence-corrected chi connectivity index (χ4v) is 4.28. The lowest BCUT2D eigenvalue weighted by Crippen LogP contribution is -2.46. The van der Waals surface area contributed by atoms with Gasteiger partial charge in [-0.3, -0.25) is 4.90 Å². The van der Waals surface area contributed by atoms with Crippen LogP contribution in [0.1, 0.15) is 24.2 Å². The predicted octanol–water partition coefficient (Wildman–Crippen LogP) is 4.38. The van der Waals surface area contributed by atoms with E-state index in [-0.39, 0.29) is 6.61 Å². The highest BCUT2D eigenvalue weighted by molar-refractivity contribution is 7.71. The van der Waals surface area contributed by atoms with Crippen LogP contribution in [0.3, 0.4) is 0 Å². The van der Waals surface area contributed by atoms with E-state index in [0.717, 1.165) is 49.3 Å². The molecule has 9 heteroatoms. The summed E-state index contributed by atoms with van der Waals surface area (Å²) in [6, 6.07) is 16.5. The van der Waals surface area contributed by atoms with Crippen molar-refractivity contribution < 1.29 is 9.15 Å². The van der Waals surface area contributed by atoms with Gasteiger partial charge in [-0.1, -0.05) is 36.8 Å². The minimum atomic E-state index is 0.155. The first-order chi connectivity index (χ1) is 16.6. The Morgan fingerprint density at radius 1 is 1.00 bits per heavy atom. The van der Waals surface area contributed by atoms with Gasteiger partial charge in [-0.15, -0.1) is 5.10 Å². The van der Waals surface area contributed by atoms with Gasteiger partial charge in [-0.05, 0) is 43.4 Å². The molecule has 2 aromatic carbocycles. The van der Waals surface area contributed by atoms with Crippen LogP contribution in [0.4, 0.5) is 5.69 Å². The maximum absolute atomic E-state index is 5.99. The molecule has 0 N–H and O–H groups in total. The van der Waals surface area contributed by atoms with Crippen LogP contribution >= 0.6 is 12.2 Å². The zero-order valence-electron chi connectivity index (χ0n) is 19.5. The Labute approximate surface area is 203 Å². The average molecular weight is 477 g/mol. The molecule has 0 atom stereocenters. The van der Waals surface area contributed by atoms with Gasteiger partial charge in [0.2, 0.25) is 5.88 Å². The van der Waals surface area contributed by atoms with Crippen molar-refractivity contribution in [2.75, 3.05) is 31.1 Å². The molecule has 34 heavy (non-hydrogen) atoms. The van der Waals surface area contributed by atoms with Crippen molar-refractivity contribution in [1.29, 1.82) is 0 Å². The van der Waals surface area contributed by atoms with E-state index in [9.17, 15) is 0 Å². The number of aromatic nitrogens is 4. The van der Waals surface area contributed by atoms with E-state index in [0.29, 0.717) is 23.3 Å². The number of piperazine rings is 1. The standard InChI is InChI=1S/C25H28N6O2S/c1-3-22-26-21-7-5-4-6-20(21)24(27-22)32-16-23-28-31(25(34)33-23)17-29-12-14-30(15-13-29)19-10-8-18(2)9-11-19/h4-11H,3,12-17H2,1-2H3. The van der Waals surface area contributed by atoms with Crippen LogP contribution in [0.15, 0.2) is 52.9 Å². The first-order valence-electron chi connectivity index (χ1n) is 11.6. The van der Waals surface area contributed by atoms with E-state index in [1.54, 1.807) is 4.68 Å². The molecule has 3 heterocycles. The molecule has 1 aliphatic heterocycles. The SMILES string of the molecule is CCc1nc(OCc2nn(CN3CCN(c4ccc(C)cc4)CC3)c(=S)o2)c2ccccc2n1. The van der Waals surface area contributed by atoms with Crippen LogP contribution in [-0.4, -0.2) is 50.8 Å². The average Bonchev–Trinajstić information content (AvgIpc) is 3.22. The number of aryl methyl sites for hydroxylation is 2. The third-order valence-corrected chi connectivity index (χ3v) is 6.31. The number of ether oxygens (including phenoxy) is 1. The van der Waals surface area contributed by atoms with Crippen molar-refractivity contribution >= 4 is 28.8 Å². The zero-order valence-corrected chi connectivity index (χ0v) is 20.3. The van der Waals surface area contributed by atoms with Gasteiger partial charge in [-0.25, -0.2) is 9.67 Å². The summed E-state index contributed by atoms with van der Waals surface area (Å²) in [5.74, 6) is 1.71. The van der Waals surface area contributed by atoms with E-state index >= 15 is 0 Å². The number of benzene rings is 2. The highest BCUT2D eigenvalue weighted by Crippen LogP contribution is 2.23. The first-order valence-corrected chi connectivity index (χ1v) is 12.0. The molecule has 4 aromatic rings. The molecule has 0 saturated carbocycles. The number of fused-ring (bicyclic) bond motifs is 1. The Balaban J connectivity index is 1.21. The van der Waals surface area contributed by atoms with Crippen molar-refractivity contribution in [2.45, 2.75) is 33.5 Å². The third-order valence-electron chi connectivity index (χ3n) is 6.02. The molecule has 8 nitrogen and oxygen atoms in total. The molecule has 0 bridgehead atoms. The van der Waals surface area contributed by atoms with Crippen LogP contribution in [0, 0.1) is 11.8 Å². The van der Waals surface area contributed by atoms with Crippen LogP contribution in [0.2, 0.25) is 0 Å². The van der Waals surface area contributed by atoms with Crippen LogP contribution in [0.25, 0.3) is 10.9 Å². The van der Waals surface area contributed by atoms with Gasteiger partial charge >= 0.3 is 0 Å². The van der Waals surface area contributed by atoms with E-state index in [2.05, 4.69) is 56.1 Å². The number of para-hydroxylation sites is 1. The summed E-state index contributed by atoms with van der Waals surface area (Å²) in [5, 5.41) is 5.42. The Hall–Kier alpha value is -3.30. The molecule has 1 fully saturated rings. The minimum absolute atomic E-state index is 0.155. The van der Waals surface area contributed by atoms with Crippen molar-refractivity contribution in [3.63, 3.8) is 0 Å². The number of anilines is 1. The van der Waals surface area contributed by atoms with Gasteiger partial charge < -0.3 is 14.1 Å².